The van der Waals surface area contributed by atoms with Crippen LogP contribution in [0.2, 0.25) is 0 Å². The number of hydrogen-bond donors (Lipinski definition) is 1. The number of ether oxygens (including phenoxy) is 1. The van der Waals surface area contributed by atoms with E-state index < -0.39 is 0 Å². The van der Waals surface area contributed by atoms with E-state index >= 15 is 0 Å². The maximum absolute atomic E-state index is 12.5. The van der Waals surface area contributed by atoms with Crippen LogP contribution in [-0.2, 0) is 11.8 Å². The largest absolute Gasteiger partial charge is 0.490 e. The first-order valence-electron chi connectivity index (χ1n) is 9.02. The number of amides is 1. The first-order valence-corrected chi connectivity index (χ1v) is 9.02. The van der Waals surface area contributed by atoms with Crippen molar-refractivity contribution < 1.29 is 9.53 Å². The van der Waals surface area contributed by atoms with Gasteiger partial charge in [-0.1, -0.05) is 55.1 Å². The minimum atomic E-state index is -0.326. The molecule has 0 aliphatic rings. The van der Waals surface area contributed by atoms with Crippen LogP contribution in [0.15, 0.2) is 85.7 Å². The first kappa shape index (κ1) is 19.2. The van der Waals surface area contributed by atoms with Crippen molar-refractivity contribution in [1.82, 2.24) is 14.9 Å². The molecule has 1 heterocycles. The van der Waals surface area contributed by atoms with Crippen molar-refractivity contribution in [2.45, 2.75) is 6.04 Å². The molecule has 1 amide bonds. The summed E-state index contributed by atoms with van der Waals surface area (Å²) in [5.41, 5.74) is 1.89. The fourth-order valence-corrected chi connectivity index (χ4v) is 2.79. The number of imidazole rings is 1. The number of aromatic nitrogens is 2. The van der Waals surface area contributed by atoms with Crippen LogP contribution in [0.25, 0.3) is 6.08 Å². The Labute approximate surface area is 165 Å². The second kappa shape index (κ2) is 9.37. The van der Waals surface area contributed by atoms with Crippen LogP contribution in [0.3, 0.4) is 0 Å². The number of hydrogen-bond acceptors (Lipinski definition) is 3. The fraction of sp³-hybridized carbons (Fsp3) is 0.130. The Morgan fingerprint density at radius 2 is 1.96 bits per heavy atom. The van der Waals surface area contributed by atoms with Gasteiger partial charge in [0, 0.05) is 25.5 Å². The lowest BCUT2D eigenvalue weighted by atomic mass is 10.1. The van der Waals surface area contributed by atoms with E-state index in [0.717, 1.165) is 22.7 Å². The zero-order chi connectivity index (χ0) is 19.8. The van der Waals surface area contributed by atoms with Gasteiger partial charge in [-0.25, -0.2) is 4.98 Å². The van der Waals surface area contributed by atoms with Gasteiger partial charge in [-0.2, -0.15) is 0 Å². The van der Waals surface area contributed by atoms with E-state index in [1.54, 1.807) is 18.3 Å². The summed E-state index contributed by atoms with van der Waals surface area (Å²) in [5, 5.41) is 3.04. The summed E-state index contributed by atoms with van der Waals surface area (Å²) < 4.78 is 7.37. The highest BCUT2D eigenvalue weighted by molar-refractivity contribution is 5.92. The summed E-state index contributed by atoms with van der Waals surface area (Å²) in [5.74, 6) is 1.35. The number of nitrogens with zero attached hydrogens (tertiary/aromatic N) is 2. The van der Waals surface area contributed by atoms with E-state index in [0.29, 0.717) is 6.61 Å². The lowest BCUT2D eigenvalue weighted by molar-refractivity contribution is -0.117. The average molecular weight is 373 g/mol. The molecule has 142 valence electrons. The van der Waals surface area contributed by atoms with Gasteiger partial charge in [-0.3, -0.25) is 4.79 Å². The number of carbonyl (C=O) groups excluding carboxylic acids is 1. The SMILES string of the molecule is C=CCOc1ccc(C=CC(=O)NC(c2ccccc2)c2nccn2C)cc1. The molecule has 0 saturated heterocycles. The highest BCUT2D eigenvalue weighted by Gasteiger charge is 2.19. The van der Waals surface area contributed by atoms with Crippen molar-refractivity contribution >= 4 is 12.0 Å². The Morgan fingerprint density at radius 1 is 1.21 bits per heavy atom. The second-order valence-electron chi connectivity index (χ2n) is 6.25. The number of rotatable bonds is 8. The van der Waals surface area contributed by atoms with Crippen molar-refractivity contribution in [3.05, 3.63) is 103 Å². The molecule has 0 radical (unpaired) electrons. The predicted molar refractivity (Wildman–Crippen MR) is 111 cm³/mol. The van der Waals surface area contributed by atoms with E-state index in [2.05, 4.69) is 16.9 Å². The van der Waals surface area contributed by atoms with Gasteiger partial charge in [0.1, 0.15) is 24.2 Å². The average Bonchev–Trinajstić information content (AvgIpc) is 3.16. The van der Waals surface area contributed by atoms with Crippen LogP contribution in [0, 0.1) is 0 Å². The van der Waals surface area contributed by atoms with Crippen LogP contribution < -0.4 is 10.1 Å². The smallest absolute Gasteiger partial charge is 0.244 e. The zero-order valence-corrected chi connectivity index (χ0v) is 15.8. The van der Waals surface area contributed by atoms with Gasteiger partial charge in [0.05, 0.1) is 0 Å². The molecule has 1 atom stereocenters. The molecule has 3 aromatic rings. The Bertz CT molecular complexity index is 943. The van der Waals surface area contributed by atoms with Crippen molar-refractivity contribution in [3.8, 4) is 5.75 Å². The minimum Gasteiger partial charge on any atom is -0.490 e. The van der Waals surface area contributed by atoms with Gasteiger partial charge < -0.3 is 14.6 Å². The van der Waals surface area contributed by atoms with Crippen molar-refractivity contribution in [1.29, 1.82) is 0 Å². The lowest BCUT2D eigenvalue weighted by Gasteiger charge is -2.18. The summed E-state index contributed by atoms with van der Waals surface area (Å²) in [6.07, 6.45) is 8.58. The molecule has 28 heavy (non-hydrogen) atoms. The molecule has 1 aromatic heterocycles. The monoisotopic (exact) mass is 373 g/mol. The highest BCUT2D eigenvalue weighted by Crippen LogP contribution is 2.20. The Hall–Kier alpha value is -3.60. The topological polar surface area (TPSA) is 56.1 Å². The molecule has 1 N–H and O–H groups in total. The minimum absolute atomic E-state index is 0.191. The maximum Gasteiger partial charge on any atom is 0.244 e. The Kier molecular flexibility index (Phi) is 6.41. The third kappa shape index (κ3) is 4.98. The Morgan fingerprint density at radius 3 is 2.61 bits per heavy atom. The van der Waals surface area contributed by atoms with Crippen LogP contribution >= 0.6 is 0 Å². The maximum atomic E-state index is 12.5. The third-order valence-corrected chi connectivity index (χ3v) is 4.21. The van der Waals surface area contributed by atoms with E-state index in [1.165, 1.54) is 6.08 Å². The van der Waals surface area contributed by atoms with Gasteiger partial charge in [-0.05, 0) is 29.3 Å². The molecule has 1 unspecified atom stereocenters. The fourth-order valence-electron chi connectivity index (χ4n) is 2.79. The standard InChI is InChI=1S/C23H23N3O2/c1-3-17-28-20-12-9-18(10-13-20)11-14-21(27)25-22(19-7-5-4-6-8-19)23-24-15-16-26(23)2/h3-16,22H,1,17H2,2H3,(H,25,27). The second-order valence-corrected chi connectivity index (χ2v) is 6.25. The van der Waals surface area contributed by atoms with Gasteiger partial charge in [0.25, 0.3) is 0 Å². The molecule has 0 fully saturated rings. The molecule has 0 aliphatic carbocycles. The number of aryl methyl sites for hydroxylation is 1. The molecule has 5 heteroatoms. The van der Waals surface area contributed by atoms with E-state index in [4.69, 9.17) is 4.74 Å². The third-order valence-electron chi connectivity index (χ3n) is 4.21. The quantitative estimate of drug-likeness (QED) is 0.481. The number of nitrogens with one attached hydrogen (secondary N) is 1. The molecular weight excluding hydrogens is 350 g/mol. The lowest BCUT2D eigenvalue weighted by Crippen LogP contribution is -2.29. The summed E-state index contributed by atoms with van der Waals surface area (Å²) in [4.78, 5) is 16.9. The van der Waals surface area contributed by atoms with Crippen LogP contribution in [0.5, 0.6) is 5.75 Å². The van der Waals surface area contributed by atoms with Gasteiger partial charge >= 0.3 is 0 Å². The van der Waals surface area contributed by atoms with E-state index in [-0.39, 0.29) is 11.9 Å². The van der Waals surface area contributed by atoms with Gasteiger partial charge in [-0.15, -0.1) is 0 Å². The molecule has 3 rings (SSSR count). The van der Waals surface area contributed by atoms with Gasteiger partial charge in [0.2, 0.25) is 5.91 Å². The molecule has 0 bridgehead atoms. The summed E-state index contributed by atoms with van der Waals surface area (Å²) in [6, 6.07) is 17.0. The van der Waals surface area contributed by atoms with Crippen LogP contribution in [-0.4, -0.2) is 22.1 Å². The molecular formula is C23H23N3O2. The number of carbonyl (C=O) groups is 1. The van der Waals surface area contributed by atoms with Gasteiger partial charge in [0.15, 0.2) is 0 Å². The predicted octanol–water partition coefficient (Wildman–Crippen LogP) is 3.90. The van der Waals surface area contributed by atoms with Crippen molar-refractivity contribution in [3.63, 3.8) is 0 Å². The van der Waals surface area contributed by atoms with E-state index in [9.17, 15) is 4.79 Å². The molecule has 0 aliphatic heterocycles. The Balaban J connectivity index is 1.71. The highest BCUT2D eigenvalue weighted by atomic mass is 16.5. The normalized spacial score (nSPS) is 11.9. The van der Waals surface area contributed by atoms with Crippen molar-refractivity contribution in [2.75, 3.05) is 6.61 Å². The van der Waals surface area contributed by atoms with Crippen LogP contribution in [0.4, 0.5) is 0 Å². The van der Waals surface area contributed by atoms with Crippen molar-refractivity contribution in [2.24, 2.45) is 7.05 Å². The number of benzene rings is 2. The summed E-state index contributed by atoms with van der Waals surface area (Å²) in [6.45, 7) is 4.09. The first-order chi connectivity index (χ1) is 13.7. The molecule has 2 aromatic carbocycles. The summed E-state index contributed by atoms with van der Waals surface area (Å²) >= 11 is 0. The molecule has 5 nitrogen and oxygen atoms in total. The molecule has 0 saturated carbocycles. The zero-order valence-electron chi connectivity index (χ0n) is 15.8. The molecule has 0 spiro atoms. The van der Waals surface area contributed by atoms with Crippen LogP contribution in [0.1, 0.15) is 23.0 Å². The summed E-state index contributed by atoms with van der Waals surface area (Å²) in [7, 11) is 1.91. The van der Waals surface area contributed by atoms with E-state index in [1.807, 2.05) is 72.4 Å².